The van der Waals surface area contributed by atoms with Crippen molar-refractivity contribution in [3.63, 3.8) is 0 Å². The molecule has 94 valence electrons. The van der Waals surface area contributed by atoms with Gasteiger partial charge in [-0.2, -0.15) is 0 Å². The Labute approximate surface area is 104 Å². The van der Waals surface area contributed by atoms with Gasteiger partial charge in [0, 0.05) is 13.2 Å². The number of carboxylic acids is 1. The molecule has 1 amide bonds. The molecule has 0 radical (unpaired) electrons. The first-order valence-corrected chi connectivity index (χ1v) is 6.11. The highest BCUT2D eigenvalue weighted by Crippen LogP contribution is 2.15. The first-order valence-electron chi connectivity index (χ1n) is 5.34. The molecule has 0 aliphatic heterocycles. The number of hydrogen-bond donors (Lipinski definition) is 1. The van der Waals surface area contributed by atoms with Crippen molar-refractivity contribution in [1.29, 1.82) is 0 Å². The zero-order valence-electron chi connectivity index (χ0n) is 10.1. The third-order valence-electron chi connectivity index (χ3n) is 2.42. The summed E-state index contributed by atoms with van der Waals surface area (Å²) in [5.41, 5.74) is 0. The van der Waals surface area contributed by atoms with Crippen LogP contribution in [0.2, 0.25) is 0 Å². The lowest BCUT2D eigenvalue weighted by molar-refractivity contribution is -0.142. The van der Waals surface area contributed by atoms with Crippen LogP contribution in [0.15, 0.2) is 12.3 Å². The lowest BCUT2D eigenvalue weighted by Crippen LogP contribution is -2.42. The molecule has 1 N–H and O–H groups in total. The number of rotatable bonds is 5. The average Bonchev–Trinajstić information content (AvgIpc) is 2.76. The number of carbonyl (C=O) groups excluding carboxylic acids is 1. The van der Waals surface area contributed by atoms with E-state index in [9.17, 15) is 9.59 Å². The molecule has 6 heteroatoms. The minimum atomic E-state index is -0.973. The van der Waals surface area contributed by atoms with Gasteiger partial charge in [0.1, 0.15) is 10.9 Å². The van der Waals surface area contributed by atoms with Gasteiger partial charge in [0.15, 0.2) is 0 Å². The van der Waals surface area contributed by atoms with E-state index in [2.05, 4.69) is 4.37 Å². The van der Waals surface area contributed by atoms with E-state index in [1.807, 2.05) is 13.8 Å². The zero-order valence-corrected chi connectivity index (χ0v) is 10.9. The lowest BCUT2D eigenvalue weighted by atomic mass is 10.0. The van der Waals surface area contributed by atoms with E-state index in [1.54, 1.807) is 6.07 Å². The topological polar surface area (TPSA) is 70.5 Å². The summed E-state index contributed by atoms with van der Waals surface area (Å²) in [6.45, 7) is 3.86. The molecule has 1 aromatic rings. The molecule has 0 saturated carbocycles. The number of likely N-dealkylation sites (N-methyl/N-ethyl adjacent to an activating group) is 1. The Morgan fingerprint density at radius 1 is 1.53 bits per heavy atom. The van der Waals surface area contributed by atoms with Crippen molar-refractivity contribution >= 4 is 23.4 Å². The first-order chi connectivity index (χ1) is 7.93. The summed E-state index contributed by atoms with van der Waals surface area (Å²) in [5.74, 6) is -1.05. The van der Waals surface area contributed by atoms with Crippen LogP contribution >= 0.6 is 11.5 Å². The van der Waals surface area contributed by atoms with Gasteiger partial charge >= 0.3 is 5.97 Å². The molecule has 1 heterocycles. The molecule has 0 aliphatic rings. The summed E-state index contributed by atoms with van der Waals surface area (Å²) < 4.78 is 3.84. The van der Waals surface area contributed by atoms with Gasteiger partial charge < -0.3 is 10.0 Å². The molecule has 5 nitrogen and oxygen atoms in total. The molecular formula is C11H16N2O3S. The molecule has 1 aromatic heterocycles. The molecule has 0 spiro atoms. The molecule has 0 saturated heterocycles. The predicted octanol–water partition coefficient (Wildman–Crippen LogP) is 1.71. The zero-order chi connectivity index (χ0) is 13.0. The molecule has 0 fully saturated rings. The third kappa shape index (κ3) is 3.52. The number of aliphatic carboxylic acids is 1. The van der Waals surface area contributed by atoms with Crippen LogP contribution in [0.3, 0.4) is 0 Å². The normalized spacial score (nSPS) is 12.5. The van der Waals surface area contributed by atoms with E-state index in [-0.39, 0.29) is 11.8 Å². The van der Waals surface area contributed by atoms with Crippen LogP contribution in [0.1, 0.15) is 29.9 Å². The fourth-order valence-corrected chi connectivity index (χ4v) is 2.09. The number of amides is 1. The Morgan fingerprint density at radius 2 is 2.18 bits per heavy atom. The fourth-order valence-electron chi connectivity index (χ4n) is 1.51. The summed E-state index contributed by atoms with van der Waals surface area (Å²) in [6.07, 6.45) is 1.97. The summed E-state index contributed by atoms with van der Waals surface area (Å²) in [4.78, 5) is 24.8. The third-order valence-corrected chi connectivity index (χ3v) is 3.15. The van der Waals surface area contributed by atoms with Gasteiger partial charge in [-0.15, -0.1) is 0 Å². The van der Waals surface area contributed by atoms with Crippen LogP contribution in [0.5, 0.6) is 0 Å². The number of hydrogen-bond acceptors (Lipinski definition) is 4. The summed E-state index contributed by atoms with van der Waals surface area (Å²) in [6, 6.07) is 0.808. The van der Waals surface area contributed by atoms with E-state index < -0.39 is 12.0 Å². The molecule has 1 rings (SSSR count). The van der Waals surface area contributed by atoms with E-state index >= 15 is 0 Å². The lowest BCUT2D eigenvalue weighted by Gasteiger charge is -2.25. The Hall–Kier alpha value is -1.43. The van der Waals surface area contributed by atoms with Gasteiger partial charge in [0.25, 0.3) is 5.91 Å². The molecular weight excluding hydrogens is 240 g/mol. The number of aromatic nitrogens is 1. The minimum Gasteiger partial charge on any atom is -0.480 e. The van der Waals surface area contributed by atoms with Crippen LogP contribution in [0, 0.1) is 5.92 Å². The molecule has 17 heavy (non-hydrogen) atoms. The van der Waals surface area contributed by atoms with Gasteiger partial charge in [-0.1, -0.05) is 13.8 Å². The van der Waals surface area contributed by atoms with Crippen molar-refractivity contribution in [3.05, 3.63) is 17.1 Å². The maximum Gasteiger partial charge on any atom is 0.326 e. The van der Waals surface area contributed by atoms with Crippen molar-refractivity contribution in [2.45, 2.75) is 26.3 Å². The van der Waals surface area contributed by atoms with Crippen molar-refractivity contribution in [2.24, 2.45) is 5.92 Å². The van der Waals surface area contributed by atoms with Gasteiger partial charge in [0.05, 0.1) is 0 Å². The Kier molecular flexibility index (Phi) is 4.62. The highest BCUT2D eigenvalue weighted by molar-refractivity contribution is 7.08. The second-order valence-electron chi connectivity index (χ2n) is 4.28. The van der Waals surface area contributed by atoms with Crippen molar-refractivity contribution in [2.75, 3.05) is 7.05 Å². The SMILES string of the molecule is CC(C)C[C@@H](C(=O)O)N(C)C(=O)c1ccns1. The smallest absolute Gasteiger partial charge is 0.326 e. The standard InChI is InChI=1S/C11H16N2O3S/c1-7(2)6-8(11(15)16)13(3)10(14)9-4-5-12-17-9/h4-5,7-8H,6H2,1-3H3,(H,15,16)/t8-/m0/s1. The number of carbonyl (C=O) groups is 2. The summed E-state index contributed by atoms with van der Waals surface area (Å²) in [5, 5.41) is 9.13. The van der Waals surface area contributed by atoms with E-state index in [4.69, 9.17) is 5.11 Å². The molecule has 0 aromatic carbocycles. The monoisotopic (exact) mass is 256 g/mol. The van der Waals surface area contributed by atoms with Crippen LogP contribution in [0.4, 0.5) is 0 Å². The Morgan fingerprint density at radius 3 is 2.59 bits per heavy atom. The second kappa shape index (κ2) is 5.77. The fraction of sp³-hybridized carbons (Fsp3) is 0.545. The van der Waals surface area contributed by atoms with Crippen LogP contribution < -0.4 is 0 Å². The van der Waals surface area contributed by atoms with E-state index in [0.717, 1.165) is 11.5 Å². The average molecular weight is 256 g/mol. The predicted molar refractivity (Wildman–Crippen MR) is 65.1 cm³/mol. The molecule has 0 bridgehead atoms. The maximum atomic E-state index is 12.0. The Balaban J connectivity index is 2.81. The van der Waals surface area contributed by atoms with Crippen molar-refractivity contribution < 1.29 is 14.7 Å². The molecule has 1 atom stereocenters. The van der Waals surface area contributed by atoms with Crippen LogP contribution in [-0.2, 0) is 4.79 Å². The largest absolute Gasteiger partial charge is 0.480 e. The molecule has 0 unspecified atom stereocenters. The van der Waals surface area contributed by atoms with E-state index in [1.165, 1.54) is 18.1 Å². The van der Waals surface area contributed by atoms with Crippen LogP contribution in [-0.4, -0.2) is 39.3 Å². The highest BCUT2D eigenvalue weighted by Gasteiger charge is 2.28. The van der Waals surface area contributed by atoms with Crippen LogP contribution in [0.25, 0.3) is 0 Å². The molecule has 0 aliphatic carbocycles. The van der Waals surface area contributed by atoms with E-state index in [0.29, 0.717) is 11.3 Å². The number of nitrogens with zero attached hydrogens (tertiary/aromatic N) is 2. The minimum absolute atomic E-state index is 0.216. The van der Waals surface area contributed by atoms with Crippen molar-refractivity contribution in [1.82, 2.24) is 9.27 Å². The van der Waals surface area contributed by atoms with Gasteiger partial charge in [-0.25, -0.2) is 9.17 Å². The first kappa shape index (κ1) is 13.6. The summed E-state index contributed by atoms with van der Waals surface area (Å²) >= 11 is 1.07. The quantitative estimate of drug-likeness (QED) is 0.870. The second-order valence-corrected chi connectivity index (χ2v) is 5.11. The van der Waals surface area contributed by atoms with Gasteiger partial charge in [0.2, 0.25) is 0 Å². The van der Waals surface area contributed by atoms with Gasteiger partial charge in [-0.3, -0.25) is 4.79 Å². The summed E-state index contributed by atoms with van der Waals surface area (Å²) in [7, 11) is 1.52. The Bertz CT molecular complexity index is 389. The van der Waals surface area contributed by atoms with Crippen molar-refractivity contribution in [3.8, 4) is 0 Å². The van der Waals surface area contributed by atoms with Gasteiger partial charge in [-0.05, 0) is 29.9 Å². The number of carboxylic acid groups (broad SMARTS) is 1. The highest BCUT2D eigenvalue weighted by atomic mass is 32.1. The maximum absolute atomic E-state index is 12.0.